The minimum absolute atomic E-state index is 0.0218. The Bertz CT molecular complexity index is 501. The van der Waals surface area contributed by atoms with Crippen molar-refractivity contribution in [3.05, 3.63) is 16.1 Å². The molecule has 1 amide bonds. The van der Waals surface area contributed by atoms with Crippen molar-refractivity contribution < 1.29 is 14.6 Å². The fraction of sp³-hybridized carbons (Fsp3) is 0.714. The van der Waals surface area contributed by atoms with Gasteiger partial charge in [0, 0.05) is 10.8 Å². The number of thiazole rings is 1. The lowest BCUT2D eigenvalue weighted by Crippen LogP contribution is -2.46. The van der Waals surface area contributed by atoms with Gasteiger partial charge in [-0.25, -0.2) is 4.98 Å². The molecule has 2 heterocycles. The Morgan fingerprint density at radius 3 is 2.76 bits per heavy atom. The predicted molar refractivity (Wildman–Crippen MR) is 82.7 cm³/mol. The van der Waals surface area contributed by atoms with Crippen molar-refractivity contribution in [1.82, 2.24) is 9.88 Å². The Morgan fingerprint density at radius 2 is 2.29 bits per heavy atom. The molecule has 0 saturated carbocycles. The normalized spacial score (nSPS) is 22.5. The van der Waals surface area contributed by atoms with E-state index in [4.69, 9.17) is 16.3 Å². The van der Waals surface area contributed by atoms with E-state index in [1.807, 2.05) is 5.38 Å². The first-order valence-electron chi connectivity index (χ1n) is 6.89. The van der Waals surface area contributed by atoms with E-state index in [0.717, 1.165) is 10.7 Å². The van der Waals surface area contributed by atoms with E-state index in [-0.39, 0.29) is 29.9 Å². The average molecular weight is 333 g/mol. The van der Waals surface area contributed by atoms with E-state index in [1.54, 1.807) is 4.90 Å². The van der Waals surface area contributed by atoms with Crippen LogP contribution in [-0.2, 0) is 21.5 Å². The van der Waals surface area contributed by atoms with Gasteiger partial charge in [-0.05, 0) is 0 Å². The quantitative estimate of drug-likeness (QED) is 0.854. The van der Waals surface area contributed by atoms with Crippen molar-refractivity contribution in [1.29, 1.82) is 0 Å². The standard InChI is InChI=1S/C14H21ClN2O3S/c1-14(2,3)11-8-21-12(16-11)5-17(13(19)4-15)9-6-20-7-10(9)18/h8-10,18H,4-7H2,1-3H3/t9-,10-/m0/s1. The van der Waals surface area contributed by atoms with Gasteiger partial charge >= 0.3 is 0 Å². The minimum Gasteiger partial charge on any atom is -0.388 e. The van der Waals surface area contributed by atoms with E-state index in [2.05, 4.69) is 25.8 Å². The minimum atomic E-state index is -0.667. The van der Waals surface area contributed by atoms with Crippen molar-refractivity contribution >= 4 is 28.8 Å². The zero-order valence-corrected chi connectivity index (χ0v) is 14.1. The van der Waals surface area contributed by atoms with Gasteiger partial charge in [0.15, 0.2) is 0 Å². The molecule has 0 unspecified atom stereocenters. The van der Waals surface area contributed by atoms with Crippen LogP contribution in [0.5, 0.6) is 0 Å². The molecule has 2 atom stereocenters. The SMILES string of the molecule is CC(C)(C)c1csc(CN(C(=O)CCl)[C@H]2COC[C@@H]2O)n1. The van der Waals surface area contributed by atoms with Gasteiger partial charge in [0.05, 0.1) is 37.6 Å². The number of carbonyl (C=O) groups excluding carboxylic acids is 1. The van der Waals surface area contributed by atoms with Crippen LogP contribution in [0.25, 0.3) is 0 Å². The van der Waals surface area contributed by atoms with Crippen LogP contribution in [0.4, 0.5) is 0 Å². The molecule has 1 aromatic heterocycles. The van der Waals surface area contributed by atoms with Crippen LogP contribution in [0.1, 0.15) is 31.5 Å². The number of alkyl halides is 1. The molecular formula is C14H21ClN2O3S. The van der Waals surface area contributed by atoms with Gasteiger partial charge < -0.3 is 14.7 Å². The van der Waals surface area contributed by atoms with Crippen LogP contribution in [0.3, 0.4) is 0 Å². The molecule has 21 heavy (non-hydrogen) atoms. The van der Waals surface area contributed by atoms with Crippen molar-refractivity contribution in [2.45, 2.75) is 44.9 Å². The van der Waals surface area contributed by atoms with E-state index in [1.165, 1.54) is 11.3 Å². The number of hydrogen-bond acceptors (Lipinski definition) is 5. The number of rotatable bonds is 4. The number of aliphatic hydroxyl groups is 1. The highest BCUT2D eigenvalue weighted by molar-refractivity contribution is 7.09. The van der Waals surface area contributed by atoms with Crippen LogP contribution in [-0.4, -0.2) is 52.1 Å². The van der Waals surface area contributed by atoms with Crippen LogP contribution < -0.4 is 0 Å². The van der Waals surface area contributed by atoms with Crippen molar-refractivity contribution in [3.63, 3.8) is 0 Å². The number of carbonyl (C=O) groups is 1. The van der Waals surface area contributed by atoms with Crippen LogP contribution in [0.2, 0.25) is 0 Å². The maximum Gasteiger partial charge on any atom is 0.238 e. The summed E-state index contributed by atoms with van der Waals surface area (Å²) >= 11 is 7.21. The molecule has 0 aliphatic carbocycles. The van der Waals surface area contributed by atoms with Crippen molar-refractivity contribution in [2.24, 2.45) is 0 Å². The summed E-state index contributed by atoms with van der Waals surface area (Å²) in [5, 5.41) is 12.8. The van der Waals surface area contributed by atoms with E-state index < -0.39 is 6.10 Å². The molecular weight excluding hydrogens is 312 g/mol. The summed E-state index contributed by atoms with van der Waals surface area (Å²) < 4.78 is 5.24. The third-order valence-electron chi connectivity index (χ3n) is 3.48. The number of amides is 1. The number of aromatic nitrogens is 1. The van der Waals surface area contributed by atoms with Gasteiger partial charge in [-0.15, -0.1) is 22.9 Å². The highest BCUT2D eigenvalue weighted by Crippen LogP contribution is 2.25. The Balaban J connectivity index is 2.15. The van der Waals surface area contributed by atoms with Gasteiger partial charge in [0.1, 0.15) is 10.9 Å². The summed E-state index contributed by atoms with van der Waals surface area (Å²) in [5.74, 6) is -0.320. The van der Waals surface area contributed by atoms with E-state index >= 15 is 0 Å². The first-order chi connectivity index (χ1) is 9.82. The molecule has 118 valence electrons. The molecule has 0 radical (unpaired) electrons. The summed E-state index contributed by atoms with van der Waals surface area (Å²) in [5.41, 5.74) is 0.982. The molecule has 1 aliphatic heterocycles. The second-order valence-corrected chi connectivity index (χ2v) is 7.41. The maximum atomic E-state index is 12.1. The molecule has 1 saturated heterocycles. The number of ether oxygens (including phenoxy) is 1. The second-order valence-electron chi connectivity index (χ2n) is 6.20. The monoisotopic (exact) mass is 332 g/mol. The molecule has 1 aliphatic rings. The summed E-state index contributed by atoms with van der Waals surface area (Å²) in [4.78, 5) is 18.2. The van der Waals surface area contributed by atoms with Crippen LogP contribution in [0, 0.1) is 0 Å². The van der Waals surface area contributed by atoms with Gasteiger partial charge in [-0.3, -0.25) is 4.79 Å². The average Bonchev–Trinajstić information content (AvgIpc) is 3.03. The zero-order valence-electron chi connectivity index (χ0n) is 12.5. The molecule has 5 nitrogen and oxygen atoms in total. The zero-order chi connectivity index (χ0) is 15.6. The topological polar surface area (TPSA) is 62.7 Å². The second kappa shape index (κ2) is 6.60. The highest BCUT2D eigenvalue weighted by Gasteiger charge is 2.34. The Kier molecular flexibility index (Phi) is 5.24. The number of aliphatic hydroxyl groups excluding tert-OH is 1. The van der Waals surface area contributed by atoms with Crippen LogP contribution in [0.15, 0.2) is 5.38 Å². The lowest BCUT2D eigenvalue weighted by molar-refractivity contribution is -0.133. The number of nitrogens with zero attached hydrogens (tertiary/aromatic N) is 2. The third-order valence-corrected chi connectivity index (χ3v) is 4.54. The molecule has 0 aromatic carbocycles. The molecule has 0 spiro atoms. The fourth-order valence-corrected chi connectivity index (χ4v) is 3.34. The molecule has 0 bridgehead atoms. The van der Waals surface area contributed by atoms with Crippen LogP contribution >= 0.6 is 22.9 Å². The summed E-state index contributed by atoms with van der Waals surface area (Å²) in [6, 6.07) is -0.349. The molecule has 7 heteroatoms. The number of hydrogen-bond donors (Lipinski definition) is 1. The lowest BCUT2D eigenvalue weighted by Gasteiger charge is -2.28. The fourth-order valence-electron chi connectivity index (χ4n) is 2.17. The lowest BCUT2D eigenvalue weighted by atomic mass is 9.93. The first kappa shape index (κ1) is 16.7. The number of halogens is 1. The smallest absolute Gasteiger partial charge is 0.238 e. The Morgan fingerprint density at radius 1 is 1.57 bits per heavy atom. The predicted octanol–water partition coefficient (Wildman–Crippen LogP) is 1.77. The molecule has 1 aromatic rings. The summed E-state index contributed by atoms with van der Waals surface area (Å²) in [7, 11) is 0. The van der Waals surface area contributed by atoms with Gasteiger partial charge in [0.2, 0.25) is 5.91 Å². The molecule has 1 N–H and O–H groups in total. The largest absolute Gasteiger partial charge is 0.388 e. The van der Waals surface area contributed by atoms with Gasteiger partial charge in [-0.2, -0.15) is 0 Å². The maximum absolute atomic E-state index is 12.1. The summed E-state index contributed by atoms with van der Waals surface area (Å²) in [6.07, 6.45) is -0.667. The van der Waals surface area contributed by atoms with Gasteiger partial charge in [-0.1, -0.05) is 20.8 Å². The Labute approximate surface area is 133 Å². The third kappa shape index (κ3) is 3.94. The molecule has 1 fully saturated rings. The van der Waals surface area contributed by atoms with Crippen molar-refractivity contribution in [3.8, 4) is 0 Å². The summed E-state index contributed by atoms with van der Waals surface area (Å²) in [6.45, 7) is 7.24. The van der Waals surface area contributed by atoms with E-state index in [0.29, 0.717) is 13.2 Å². The van der Waals surface area contributed by atoms with Gasteiger partial charge in [0.25, 0.3) is 0 Å². The van der Waals surface area contributed by atoms with Crippen molar-refractivity contribution in [2.75, 3.05) is 19.1 Å². The van der Waals surface area contributed by atoms with E-state index in [9.17, 15) is 9.90 Å². The first-order valence-corrected chi connectivity index (χ1v) is 8.30. The Hall–Kier alpha value is -0.690. The molecule has 2 rings (SSSR count). The highest BCUT2D eigenvalue weighted by atomic mass is 35.5.